The Kier molecular flexibility index (Phi) is 3.62. The molecule has 5 heteroatoms. The van der Waals surface area contributed by atoms with Gasteiger partial charge in [0.25, 0.3) is 0 Å². The van der Waals surface area contributed by atoms with Crippen molar-refractivity contribution in [2.75, 3.05) is 6.61 Å². The molecule has 13 heavy (non-hydrogen) atoms. The van der Waals surface area contributed by atoms with Gasteiger partial charge >= 0.3 is 5.97 Å². The van der Waals surface area contributed by atoms with Crippen molar-refractivity contribution < 1.29 is 9.53 Å². The third-order valence-corrected chi connectivity index (χ3v) is 2.90. The summed E-state index contributed by atoms with van der Waals surface area (Å²) in [5.74, 6) is -0.313. The molecule has 0 aliphatic rings. The summed E-state index contributed by atoms with van der Waals surface area (Å²) in [6, 6.07) is 0. The zero-order valence-electron chi connectivity index (χ0n) is 7.55. The molecule has 0 aliphatic heterocycles. The number of rotatable bonds is 3. The maximum absolute atomic E-state index is 11.3. The van der Waals surface area contributed by atoms with Crippen LogP contribution in [0.5, 0.6) is 0 Å². The smallest absolute Gasteiger partial charge is 0.355 e. The molecule has 0 unspecified atom stereocenters. The molecule has 1 heterocycles. The second-order valence-corrected chi connectivity index (χ2v) is 4.16. The van der Waals surface area contributed by atoms with Crippen molar-refractivity contribution in [1.29, 1.82) is 0 Å². The molecule has 1 rings (SSSR count). The highest BCUT2D eigenvalue weighted by Gasteiger charge is 2.13. The summed E-state index contributed by atoms with van der Waals surface area (Å²) in [7, 11) is 0. The van der Waals surface area contributed by atoms with E-state index in [-0.39, 0.29) is 5.97 Å². The lowest BCUT2D eigenvalue weighted by Gasteiger charge is -1.99. The third kappa shape index (κ3) is 2.38. The fourth-order valence-electron chi connectivity index (χ4n) is 0.977. The zero-order valence-corrected chi connectivity index (χ0v) is 9.18. The summed E-state index contributed by atoms with van der Waals surface area (Å²) >= 11 is 6.37. The Bertz CT molecular complexity index is 353. The molecule has 0 saturated heterocycles. The average molecular weight is 217 g/mol. The Labute approximate surface area is 85.7 Å². The molecule has 0 amide bonds. The number of hydrogen-bond donors (Lipinski definition) is 1. The van der Waals surface area contributed by atoms with Crippen molar-refractivity contribution in [3.05, 3.63) is 14.5 Å². The van der Waals surface area contributed by atoms with Gasteiger partial charge in [-0.2, -0.15) is 0 Å². The van der Waals surface area contributed by atoms with E-state index in [0.29, 0.717) is 16.3 Å². The van der Waals surface area contributed by atoms with Gasteiger partial charge in [-0.3, -0.25) is 0 Å². The van der Waals surface area contributed by atoms with E-state index in [2.05, 4.69) is 4.98 Å². The van der Waals surface area contributed by atoms with E-state index < -0.39 is 0 Å². The molecule has 3 nitrogen and oxygen atoms in total. The molecule has 1 aromatic heterocycles. The van der Waals surface area contributed by atoms with E-state index in [1.807, 2.05) is 6.92 Å². The number of esters is 1. The molecule has 0 fully saturated rings. The van der Waals surface area contributed by atoms with Crippen LogP contribution in [0.3, 0.4) is 0 Å². The number of ether oxygens (including phenoxy) is 1. The summed E-state index contributed by atoms with van der Waals surface area (Å²) in [5, 5.41) is 0. The number of aromatic nitrogens is 1. The van der Waals surface area contributed by atoms with Gasteiger partial charge in [0.15, 0.2) is 3.95 Å². The van der Waals surface area contributed by atoms with Crippen LogP contribution in [0.2, 0.25) is 0 Å². The Balaban J connectivity index is 2.98. The van der Waals surface area contributed by atoms with Crippen molar-refractivity contribution in [2.24, 2.45) is 0 Å². The van der Waals surface area contributed by atoms with Crippen LogP contribution >= 0.6 is 23.6 Å². The van der Waals surface area contributed by atoms with Gasteiger partial charge in [-0.05, 0) is 25.6 Å². The SMILES string of the molecule is CCOC(=O)c1[nH]c(=S)sc1CC. The summed E-state index contributed by atoms with van der Waals surface area (Å²) in [6.07, 6.45) is 0.798. The predicted molar refractivity (Wildman–Crippen MR) is 54.8 cm³/mol. The van der Waals surface area contributed by atoms with Gasteiger partial charge < -0.3 is 9.72 Å². The van der Waals surface area contributed by atoms with E-state index in [4.69, 9.17) is 17.0 Å². The van der Waals surface area contributed by atoms with Crippen LogP contribution in [-0.2, 0) is 11.2 Å². The van der Waals surface area contributed by atoms with E-state index in [0.717, 1.165) is 11.3 Å². The van der Waals surface area contributed by atoms with E-state index in [1.165, 1.54) is 11.3 Å². The standard InChI is InChI=1S/C8H11NO2S2/c1-3-5-6(7(10)11-4-2)9-8(12)13-5/h3-4H2,1-2H3,(H,9,12). The second kappa shape index (κ2) is 4.53. The number of aromatic amines is 1. The van der Waals surface area contributed by atoms with Crippen molar-refractivity contribution >= 4 is 29.5 Å². The Hall–Kier alpha value is -0.680. The van der Waals surface area contributed by atoms with Gasteiger partial charge in [0.05, 0.1) is 6.61 Å². The van der Waals surface area contributed by atoms with Gasteiger partial charge in [0.1, 0.15) is 5.69 Å². The van der Waals surface area contributed by atoms with E-state index in [9.17, 15) is 4.79 Å². The summed E-state index contributed by atoms with van der Waals surface area (Å²) < 4.78 is 5.50. The number of nitrogens with one attached hydrogen (secondary N) is 1. The maximum Gasteiger partial charge on any atom is 0.355 e. The number of thiazole rings is 1. The Morgan fingerprint density at radius 1 is 1.62 bits per heavy atom. The lowest BCUT2D eigenvalue weighted by molar-refractivity contribution is 0.0519. The minimum atomic E-state index is -0.313. The highest BCUT2D eigenvalue weighted by molar-refractivity contribution is 7.73. The number of hydrogen-bond acceptors (Lipinski definition) is 4. The minimum Gasteiger partial charge on any atom is -0.461 e. The fraction of sp³-hybridized carbons (Fsp3) is 0.500. The molecule has 0 spiro atoms. The summed E-state index contributed by atoms with van der Waals surface area (Å²) in [5.41, 5.74) is 0.513. The Morgan fingerprint density at radius 2 is 2.31 bits per heavy atom. The van der Waals surface area contributed by atoms with Gasteiger partial charge in [-0.1, -0.05) is 6.92 Å². The third-order valence-electron chi connectivity index (χ3n) is 1.52. The molecular formula is C8H11NO2S2. The minimum absolute atomic E-state index is 0.313. The Morgan fingerprint density at radius 3 is 2.85 bits per heavy atom. The molecule has 0 radical (unpaired) electrons. The average Bonchev–Trinajstić information content (AvgIpc) is 2.47. The molecule has 0 bridgehead atoms. The van der Waals surface area contributed by atoms with Crippen LogP contribution in [-0.4, -0.2) is 17.6 Å². The molecule has 72 valence electrons. The molecule has 1 N–H and O–H groups in total. The zero-order chi connectivity index (χ0) is 9.84. The van der Waals surface area contributed by atoms with Crippen LogP contribution in [0.4, 0.5) is 0 Å². The lowest BCUT2D eigenvalue weighted by atomic mass is 10.3. The van der Waals surface area contributed by atoms with Gasteiger partial charge in [0.2, 0.25) is 0 Å². The molecule has 0 saturated carbocycles. The number of carbonyl (C=O) groups excluding carboxylic acids is 1. The number of carbonyl (C=O) groups is 1. The first-order valence-corrected chi connectivity index (χ1v) is 5.30. The van der Waals surface area contributed by atoms with E-state index >= 15 is 0 Å². The fourth-order valence-corrected chi connectivity index (χ4v) is 2.14. The highest BCUT2D eigenvalue weighted by Crippen LogP contribution is 2.16. The van der Waals surface area contributed by atoms with Crippen LogP contribution in [0.1, 0.15) is 29.2 Å². The topological polar surface area (TPSA) is 42.1 Å². The monoisotopic (exact) mass is 217 g/mol. The van der Waals surface area contributed by atoms with Gasteiger partial charge in [-0.15, -0.1) is 11.3 Å². The normalized spacial score (nSPS) is 10.0. The largest absolute Gasteiger partial charge is 0.461 e. The second-order valence-electron chi connectivity index (χ2n) is 2.39. The van der Waals surface area contributed by atoms with Crippen LogP contribution < -0.4 is 0 Å². The molecule has 0 atom stereocenters. The number of aryl methyl sites for hydroxylation is 1. The first-order valence-electron chi connectivity index (χ1n) is 4.08. The van der Waals surface area contributed by atoms with E-state index in [1.54, 1.807) is 6.92 Å². The van der Waals surface area contributed by atoms with Crippen LogP contribution in [0.25, 0.3) is 0 Å². The van der Waals surface area contributed by atoms with Crippen LogP contribution in [0, 0.1) is 3.95 Å². The first kappa shape index (κ1) is 10.4. The summed E-state index contributed by atoms with van der Waals surface area (Å²) in [6.45, 7) is 4.15. The maximum atomic E-state index is 11.3. The molecule has 0 aromatic carbocycles. The van der Waals surface area contributed by atoms with Crippen molar-refractivity contribution in [2.45, 2.75) is 20.3 Å². The molecule has 1 aromatic rings. The number of H-pyrrole nitrogens is 1. The quantitative estimate of drug-likeness (QED) is 0.625. The van der Waals surface area contributed by atoms with Crippen molar-refractivity contribution in [1.82, 2.24) is 4.98 Å². The lowest BCUT2D eigenvalue weighted by Crippen LogP contribution is -2.07. The first-order chi connectivity index (χ1) is 6.19. The van der Waals surface area contributed by atoms with Gasteiger partial charge in [-0.25, -0.2) is 4.79 Å². The molecular weight excluding hydrogens is 206 g/mol. The summed E-state index contributed by atoms with van der Waals surface area (Å²) in [4.78, 5) is 15.1. The predicted octanol–water partition coefficient (Wildman–Crippen LogP) is 2.54. The van der Waals surface area contributed by atoms with Crippen LogP contribution in [0.15, 0.2) is 0 Å². The van der Waals surface area contributed by atoms with Crippen molar-refractivity contribution in [3.8, 4) is 0 Å². The molecule has 0 aliphatic carbocycles. The van der Waals surface area contributed by atoms with Crippen molar-refractivity contribution in [3.63, 3.8) is 0 Å². The highest BCUT2D eigenvalue weighted by atomic mass is 32.1. The van der Waals surface area contributed by atoms with Gasteiger partial charge in [0, 0.05) is 4.88 Å².